The zero-order valence-corrected chi connectivity index (χ0v) is 15.9. The second-order valence-electron chi connectivity index (χ2n) is 6.07. The molecule has 0 radical (unpaired) electrons. The summed E-state index contributed by atoms with van der Waals surface area (Å²) in [6.45, 7) is 1.43. The molecular formula is C17H21N3O3S2. The summed E-state index contributed by atoms with van der Waals surface area (Å²) in [6.07, 6.45) is 0. The van der Waals surface area contributed by atoms with Gasteiger partial charge in [0.1, 0.15) is 4.21 Å². The standard InChI is InChI=1S/C17H21N3O3S2/c1-18(2)15-6-3-5-14(13-15)17(21)19-8-10-20(11-9-19)25(22,23)16-7-4-12-24-16/h3-7,12-13H,8-11H2,1-2H3. The van der Waals surface area contributed by atoms with Gasteiger partial charge < -0.3 is 9.80 Å². The Labute approximate surface area is 152 Å². The van der Waals surface area contributed by atoms with Gasteiger partial charge in [0.15, 0.2) is 0 Å². The Morgan fingerprint density at radius 3 is 2.40 bits per heavy atom. The van der Waals surface area contributed by atoms with E-state index < -0.39 is 10.0 Å². The van der Waals surface area contributed by atoms with Gasteiger partial charge in [-0.25, -0.2) is 8.42 Å². The van der Waals surface area contributed by atoms with E-state index in [0.717, 1.165) is 5.69 Å². The van der Waals surface area contributed by atoms with Crippen molar-refractivity contribution in [1.29, 1.82) is 0 Å². The van der Waals surface area contributed by atoms with Gasteiger partial charge in [-0.1, -0.05) is 12.1 Å². The van der Waals surface area contributed by atoms with Gasteiger partial charge in [0.05, 0.1) is 0 Å². The first-order valence-electron chi connectivity index (χ1n) is 8.00. The van der Waals surface area contributed by atoms with Crippen molar-refractivity contribution >= 4 is 33.0 Å². The molecular weight excluding hydrogens is 358 g/mol. The first-order chi connectivity index (χ1) is 11.9. The number of carbonyl (C=O) groups excluding carboxylic acids is 1. The largest absolute Gasteiger partial charge is 0.378 e. The van der Waals surface area contributed by atoms with Crippen molar-refractivity contribution in [2.75, 3.05) is 45.2 Å². The van der Waals surface area contributed by atoms with Crippen LogP contribution < -0.4 is 4.90 Å². The van der Waals surface area contributed by atoms with Crippen LogP contribution in [0, 0.1) is 0 Å². The summed E-state index contributed by atoms with van der Waals surface area (Å²) in [4.78, 5) is 16.4. The molecule has 134 valence electrons. The number of hydrogen-bond donors (Lipinski definition) is 0. The first kappa shape index (κ1) is 17.9. The maximum absolute atomic E-state index is 12.7. The molecule has 1 fully saturated rings. The Balaban J connectivity index is 1.68. The highest BCUT2D eigenvalue weighted by Gasteiger charge is 2.31. The van der Waals surface area contributed by atoms with Crippen LogP contribution in [-0.4, -0.2) is 63.8 Å². The molecule has 1 aromatic heterocycles. The molecule has 1 saturated heterocycles. The lowest BCUT2D eigenvalue weighted by atomic mass is 10.1. The maximum Gasteiger partial charge on any atom is 0.254 e. The van der Waals surface area contributed by atoms with Crippen LogP contribution in [0.1, 0.15) is 10.4 Å². The number of anilines is 1. The highest BCUT2D eigenvalue weighted by Crippen LogP contribution is 2.23. The highest BCUT2D eigenvalue weighted by molar-refractivity contribution is 7.91. The number of hydrogen-bond acceptors (Lipinski definition) is 5. The second kappa shape index (κ2) is 7.15. The van der Waals surface area contributed by atoms with Crippen molar-refractivity contribution < 1.29 is 13.2 Å². The number of piperazine rings is 1. The predicted octanol–water partition coefficient (Wildman–Crippen LogP) is 1.96. The number of amides is 1. The molecule has 0 aliphatic carbocycles. The van der Waals surface area contributed by atoms with Crippen molar-refractivity contribution in [3.63, 3.8) is 0 Å². The fourth-order valence-electron chi connectivity index (χ4n) is 2.77. The smallest absolute Gasteiger partial charge is 0.254 e. The van der Waals surface area contributed by atoms with Gasteiger partial charge >= 0.3 is 0 Å². The van der Waals surface area contributed by atoms with E-state index in [1.807, 2.05) is 37.2 Å². The number of rotatable bonds is 4. The normalized spacial score (nSPS) is 16.0. The molecule has 25 heavy (non-hydrogen) atoms. The Hall–Kier alpha value is -1.90. The van der Waals surface area contributed by atoms with E-state index in [4.69, 9.17) is 0 Å². The quantitative estimate of drug-likeness (QED) is 0.815. The second-order valence-corrected chi connectivity index (χ2v) is 9.19. The molecule has 1 aromatic carbocycles. The van der Waals surface area contributed by atoms with E-state index in [1.165, 1.54) is 15.6 Å². The van der Waals surface area contributed by atoms with Gasteiger partial charge in [-0.2, -0.15) is 4.31 Å². The van der Waals surface area contributed by atoms with Gasteiger partial charge in [0.2, 0.25) is 0 Å². The molecule has 0 bridgehead atoms. The van der Waals surface area contributed by atoms with Crippen LogP contribution in [0.5, 0.6) is 0 Å². The zero-order chi connectivity index (χ0) is 18.0. The maximum atomic E-state index is 12.7. The summed E-state index contributed by atoms with van der Waals surface area (Å²) < 4.78 is 26.9. The third-order valence-electron chi connectivity index (χ3n) is 4.22. The number of benzene rings is 1. The average molecular weight is 380 g/mol. The highest BCUT2D eigenvalue weighted by atomic mass is 32.2. The fourth-order valence-corrected chi connectivity index (χ4v) is 5.34. The summed E-state index contributed by atoms with van der Waals surface area (Å²) in [5.41, 5.74) is 1.59. The molecule has 0 saturated carbocycles. The molecule has 2 aromatic rings. The Bertz CT molecular complexity index is 840. The Morgan fingerprint density at radius 2 is 1.80 bits per heavy atom. The summed E-state index contributed by atoms with van der Waals surface area (Å²) in [5, 5.41) is 1.75. The molecule has 1 aliphatic rings. The van der Waals surface area contributed by atoms with Gasteiger partial charge in [-0.15, -0.1) is 11.3 Å². The minimum atomic E-state index is -3.44. The molecule has 0 atom stereocenters. The van der Waals surface area contributed by atoms with Crippen molar-refractivity contribution in [2.45, 2.75) is 4.21 Å². The summed E-state index contributed by atoms with van der Waals surface area (Å²) in [6, 6.07) is 10.8. The fraction of sp³-hybridized carbons (Fsp3) is 0.353. The number of sulfonamides is 1. The molecule has 8 heteroatoms. The molecule has 1 aliphatic heterocycles. The molecule has 3 rings (SSSR count). The molecule has 0 N–H and O–H groups in total. The van der Waals surface area contributed by atoms with Crippen LogP contribution in [0.2, 0.25) is 0 Å². The van der Waals surface area contributed by atoms with Gasteiger partial charge in [0.25, 0.3) is 15.9 Å². The molecule has 6 nitrogen and oxygen atoms in total. The van der Waals surface area contributed by atoms with Crippen molar-refractivity contribution in [3.05, 3.63) is 47.3 Å². The minimum absolute atomic E-state index is 0.0585. The lowest BCUT2D eigenvalue weighted by molar-refractivity contribution is 0.0698. The average Bonchev–Trinajstić information content (AvgIpc) is 3.17. The number of nitrogens with zero attached hydrogens (tertiary/aromatic N) is 3. The lowest BCUT2D eigenvalue weighted by Gasteiger charge is -2.33. The van der Waals surface area contributed by atoms with Crippen LogP contribution in [0.25, 0.3) is 0 Å². The monoisotopic (exact) mass is 379 g/mol. The molecule has 0 spiro atoms. The van der Waals surface area contributed by atoms with E-state index in [0.29, 0.717) is 36.0 Å². The van der Waals surface area contributed by atoms with E-state index in [9.17, 15) is 13.2 Å². The van der Waals surface area contributed by atoms with Crippen molar-refractivity contribution in [2.24, 2.45) is 0 Å². The van der Waals surface area contributed by atoms with E-state index in [-0.39, 0.29) is 5.91 Å². The van der Waals surface area contributed by atoms with Crippen LogP contribution in [0.3, 0.4) is 0 Å². The Morgan fingerprint density at radius 1 is 1.08 bits per heavy atom. The minimum Gasteiger partial charge on any atom is -0.378 e. The van der Waals surface area contributed by atoms with Crippen LogP contribution in [0.4, 0.5) is 5.69 Å². The summed E-state index contributed by atoms with van der Waals surface area (Å²) in [5.74, 6) is -0.0585. The van der Waals surface area contributed by atoms with E-state index in [1.54, 1.807) is 28.5 Å². The van der Waals surface area contributed by atoms with Crippen LogP contribution in [-0.2, 0) is 10.0 Å². The third kappa shape index (κ3) is 3.70. The molecule has 0 unspecified atom stereocenters. The molecule has 1 amide bonds. The number of thiophene rings is 1. The zero-order valence-electron chi connectivity index (χ0n) is 14.3. The van der Waals surface area contributed by atoms with Gasteiger partial charge in [0, 0.05) is 51.5 Å². The van der Waals surface area contributed by atoms with E-state index >= 15 is 0 Å². The van der Waals surface area contributed by atoms with Gasteiger partial charge in [-0.3, -0.25) is 4.79 Å². The summed E-state index contributed by atoms with van der Waals surface area (Å²) in [7, 11) is 0.414. The van der Waals surface area contributed by atoms with Crippen LogP contribution in [0.15, 0.2) is 46.0 Å². The first-order valence-corrected chi connectivity index (χ1v) is 10.3. The van der Waals surface area contributed by atoms with Crippen molar-refractivity contribution in [3.8, 4) is 0 Å². The van der Waals surface area contributed by atoms with E-state index in [2.05, 4.69) is 0 Å². The third-order valence-corrected chi connectivity index (χ3v) is 7.50. The SMILES string of the molecule is CN(C)c1cccc(C(=O)N2CCN(S(=O)(=O)c3cccs3)CC2)c1. The Kier molecular flexibility index (Phi) is 5.12. The number of carbonyl (C=O) groups is 1. The molecule has 2 heterocycles. The summed E-state index contributed by atoms with van der Waals surface area (Å²) >= 11 is 1.22. The van der Waals surface area contributed by atoms with Crippen LogP contribution >= 0.6 is 11.3 Å². The predicted molar refractivity (Wildman–Crippen MR) is 99.8 cm³/mol. The lowest BCUT2D eigenvalue weighted by Crippen LogP contribution is -2.50. The van der Waals surface area contributed by atoms with Crippen molar-refractivity contribution in [1.82, 2.24) is 9.21 Å². The topological polar surface area (TPSA) is 60.9 Å². The van der Waals surface area contributed by atoms with Gasteiger partial charge in [-0.05, 0) is 29.6 Å².